The molecule has 2 atom stereocenters. The van der Waals surface area contributed by atoms with Crippen molar-refractivity contribution in [1.82, 2.24) is 10.2 Å². The summed E-state index contributed by atoms with van der Waals surface area (Å²) in [5, 5.41) is 3.64. The van der Waals surface area contributed by atoms with Crippen LogP contribution >= 0.6 is 0 Å². The fraction of sp³-hybridized carbons (Fsp3) is 1.00. The van der Waals surface area contributed by atoms with E-state index in [0.717, 1.165) is 45.9 Å². The Labute approximate surface area is 112 Å². The van der Waals surface area contributed by atoms with Crippen molar-refractivity contribution in [2.75, 3.05) is 46.6 Å². The zero-order valence-corrected chi connectivity index (χ0v) is 12.5. The van der Waals surface area contributed by atoms with E-state index in [9.17, 15) is 0 Å². The maximum atomic E-state index is 5.65. The summed E-state index contributed by atoms with van der Waals surface area (Å²) in [6, 6.07) is 0.604. The second kappa shape index (κ2) is 8.10. The Morgan fingerprint density at radius 3 is 2.78 bits per heavy atom. The van der Waals surface area contributed by atoms with Crippen LogP contribution in [0.1, 0.15) is 33.6 Å². The molecule has 0 aromatic rings. The number of nitrogens with zero attached hydrogens (tertiary/aromatic N) is 1. The van der Waals surface area contributed by atoms with Gasteiger partial charge in [-0.25, -0.2) is 0 Å². The molecule has 0 amide bonds. The molecule has 0 aromatic heterocycles. The largest absolute Gasteiger partial charge is 0.385 e. The summed E-state index contributed by atoms with van der Waals surface area (Å²) < 4.78 is 10.6. The van der Waals surface area contributed by atoms with Gasteiger partial charge in [0.1, 0.15) is 0 Å². The molecule has 0 spiro atoms. The highest BCUT2D eigenvalue weighted by Gasteiger charge is 2.31. The molecule has 4 heteroatoms. The van der Waals surface area contributed by atoms with Gasteiger partial charge in [0.2, 0.25) is 0 Å². The number of piperazine rings is 1. The maximum Gasteiger partial charge on any atom is 0.0593 e. The first-order valence-electron chi connectivity index (χ1n) is 7.17. The van der Waals surface area contributed by atoms with Crippen LogP contribution in [-0.4, -0.2) is 63.0 Å². The van der Waals surface area contributed by atoms with Gasteiger partial charge in [0.15, 0.2) is 0 Å². The smallest absolute Gasteiger partial charge is 0.0593 e. The molecule has 0 aromatic carbocycles. The molecule has 4 nitrogen and oxygen atoms in total. The van der Waals surface area contributed by atoms with Crippen LogP contribution in [0.3, 0.4) is 0 Å². The van der Waals surface area contributed by atoms with E-state index < -0.39 is 0 Å². The van der Waals surface area contributed by atoms with Crippen LogP contribution in [0.5, 0.6) is 0 Å². The van der Waals surface area contributed by atoms with E-state index in [1.807, 2.05) is 0 Å². The van der Waals surface area contributed by atoms with Crippen molar-refractivity contribution in [3.63, 3.8) is 0 Å². The highest BCUT2D eigenvalue weighted by atomic mass is 16.5. The predicted octanol–water partition coefficient (Wildman–Crippen LogP) is 1.50. The highest BCUT2D eigenvalue weighted by Crippen LogP contribution is 2.18. The van der Waals surface area contributed by atoms with Gasteiger partial charge in [0, 0.05) is 51.5 Å². The molecular formula is C14H30N2O2. The average Bonchev–Trinajstić information content (AvgIpc) is 2.38. The topological polar surface area (TPSA) is 33.7 Å². The minimum absolute atomic E-state index is 0.266. The Morgan fingerprint density at radius 2 is 2.11 bits per heavy atom. The lowest BCUT2D eigenvalue weighted by atomic mass is 9.94. The molecule has 1 aliphatic rings. The monoisotopic (exact) mass is 258 g/mol. The molecule has 108 valence electrons. The normalized spacial score (nSPS) is 29.7. The molecule has 1 rings (SSSR count). The third-order valence-electron chi connectivity index (χ3n) is 3.94. The first-order chi connectivity index (χ1) is 8.61. The van der Waals surface area contributed by atoms with Crippen molar-refractivity contribution in [2.45, 2.75) is 45.2 Å². The lowest BCUT2D eigenvalue weighted by Gasteiger charge is -2.45. The maximum absolute atomic E-state index is 5.65. The van der Waals surface area contributed by atoms with Gasteiger partial charge in [-0.1, -0.05) is 6.92 Å². The molecule has 2 unspecified atom stereocenters. The van der Waals surface area contributed by atoms with Crippen LogP contribution in [0.25, 0.3) is 0 Å². The molecular weight excluding hydrogens is 228 g/mol. The van der Waals surface area contributed by atoms with Gasteiger partial charge in [-0.2, -0.15) is 0 Å². The van der Waals surface area contributed by atoms with Gasteiger partial charge in [-0.15, -0.1) is 0 Å². The van der Waals surface area contributed by atoms with E-state index in [1.54, 1.807) is 7.11 Å². The summed E-state index contributed by atoms with van der Waals surface area (Å²) in [6.45, 7) is 12.5. The van der Waals surface area contributed by atoms with Gasteiger partial charge < -0.3 is 14.8 Å². The van der Waals surface area contributed by atoms with Crippen molar-refractivity contribution < 1.29 is 9.47 Å². The number of hydrogen-bond donors (Lipinski definition) is 1. The summed E-state index contributed by atoms with van der Waals surface area (Å²) in [7, 11) is 1.73. The number of ether oxygens (including phenoxy) is 2. The molecule has 1 saturated heterocycles. The van der Waals surface area contributed by atoms with Crippen LogP contribution in [0.4, 0.5) is 0 Å². The Kier molecular flexibility index (Phi) is 7.15. The highest BCUT2D eigenvalue weighted by molar-refractivity contribution is 4.92. The number of rotatable bonds is 8. The first-order valence-corrected chi connectivity index (χ1v) is 7.17. The second-order valence-electron chi connectivity index (χ2n) is 5.57. The van der Waals surface area contributed by atoms with Gasteiger partial charge in [0.05, 0.1) is 6.61 Å². The van der Waals surface area contributed by atoms with Crippen LogP contribution in [0.15, 0.2) is 0 Å². The Balaban J connectivity index is 2.19. The third kappa shape index (κ3) is 5.22. The minimum atomic E-state index is 0.266. The Bertz CT molecular complexity index is 226. The molecule has 1 N–H and O–H groups in total. The molecule has 0 bridgehead atoms. The van der Waals surface area contributed by atoms with Gasteiger partial charge in [-0.3, -0.25) is 4.90 Å². The summed E-state index contributed by atoms with van der Waals surface area (Å²) in [5.74, 6) is 0. The van der Waals surface area contributed by atoms with Crippen molar-refractivity contribution in [2.24, 2.45) is 0 Å². The molecule has 0 saturated carbocycles. The van der Waals surface area contributed by atoms with E-state index in [0.29, 0.717) is 6.04 Å². The quantitative estimate of drug-likeness (QED) is 0.669. The lowest BCUT2D eigenvalue weighted by Crippen LogP contribution is -2.62. The van der Waals surface area contributed by atoms with Crippen molar-refractivity contribution >= 4 is 0 Å². The van der Waals surface area contributed by atoms with E-state index >= 15 is 0 Å². The van der Waals surface area contributed by atoms with Gasteiger partial charge >= 0.3 is 0 Å². The zero-order chi connectivity index (χ0) is 13.4. The van der Waals surface area contributed by atoms with Gasteiger partial charge in [-0.05, 0) is 26.7 Å². The fourth-order valence-corrected chi connectivity index (χ4v) is 2.31. The molecule has 0 radical (unpaired) electrons. The van der Waals surface area contributed by atoms with Crippen molar-refractivity contribution in [3.05, 3.63) is 0 Å². The van der Waals surface area contributed by atoms with Gasteiger partial charge in [0.25, 0.3) is 0 Å². The predicted molar refractivity (Wildman–Crippen MR) is 75.0 cm³/mol. The third-order valence-corrected chi connectivity index (χ3v) is 3.94. The molecule has 1 fully saturated rings. The zero-order valence-electron chi connectivity index (χ0n) is 12.5. The molecule has 1 aliphatic heterocycles. The number of hydrogen-bond acceptors (Lipinski definition) is 4. The summed E-state index contributed by atoms with van der Waals surface area (Å²) in [4.78, 5) is 2.54. The van der Waals surface area contributed by atoms with Crippen molar-refractivity contribution in [3.8, 4) is 0 Å². The summed E-state index contributed by atoms with van der Waals surface area (Å²) >= 11 is 0. The van der Waals surface area contributed by atoms with E-state index in [-0.39, 0.29) is 5.54 Å². The van der Waals surface area contributed by atoms with Crippen LogP contribution in [-0.2, 0) is 9.47 Å². The summed E-state index contributed by atoms with van der Waals surface area (Å²) in [5.41, 5.74) is 0.266. The SMILES string of the molecule is CCC1(C)CN(CCOCCCOC)C(C)CN1. The molecule has 1 heterocycles. The van der Waals surface area contributed by atoms with Crippen molar-refractivity contribution in [1.29, 1.82) is 0 Å². The second-order valence-corrected chi connectivity index (χ2v) is 5.57. The first kappa shape index (κ1) is 15.9. The van der Waals surface area contributed by atoms with E-state index in [4.69, 9.17) is 9.47 Å². The Hall–Kier alpha value is -0.160. The lowest BCUT2D eigenvalue weighted by molar-refractivity contribution is 0.0434. The van der Waals surface area contributed by atoms with E-state index in [2.05, 4.69) is 31.0 Å². The van der Waals surface area contributed by atoms with E-state index in [1.165, 1.54) is 6.42 Å². The fourth-order valence-electron chi connectivity index (χ4n) is 2.31. The minimum Gasteiger partial charge on any atom is -0.385 e. The van der Waals surface area contributed by atoms with Crippen LogP contribution in [0, 0.1) is 0 Å². The number of nitrogens with one attached hydrogen (secondary N) is 1. The van der Waals surface area contributed by atoms with Crippen LogP contribution in [0.2, 0.25) is 0 Å². The number of methoxy groups -OCH3 is 1. The van der Waals surface area contributed by atoms with Crippen LogP contribution < -0.4 is 5.32 Å². The molecule has 18 heavy (non-hydrogen) atoms. The standard InChI is InChI=1S/C14H30N2O2/c1-5-14(3)12-16(13(2)11-15-14)7-10-18-9-6-8-17-4/h13,15H,5-12H2,1-4H3. The summed E-state index contributed by atoms with van der Waals surface area (Å²) in [6.07, 6.45) is 2.16. The molecule has 0 aliphatic carbocycles. The Morgan fingerprint density at radius 1 is 1.33 bits per heavy atom. The average molecular weight is 258 g/mol.